The van der Waals surface area contributed by atoms with Crippen LogP contribution in [0.15, 0.2) is 24.3 Å². The molecule has 108 valence electrons. The van der Waals surface area contributed by atoms with Crippen LogP contribution in [0, 0.1) is 0 Å². The van der Waals surface area contributed by atoms with Gasteiger partial charge in [-0.1, -0.05) is 6.07 Å². The molecule has 5 nitrogen and oxygen atoms in total. The molecule has 0 aromatic heterocycles. The lowest BCUT2D eigenvalue weighted by Crippen LogP contribution is -2.46. The molecule has 0 saturated carbocycles. The van der Waals surface area contributed by atoms with Crippen LogP contribution in [0.4, 0.5) is 0 Å². The van der Waals surface area contributed by atoms with Gasteiger partial charge in [-0.05, 0) is 31.0 Å². The van der Waals surface area contributed by atoms with E-state index < -0.39 is 0 Å². The predicted molar refractivity (Wildman–Crippen MR) is 75.7 cm³/mol. The Labute approximate surface area is 118 Å². The Morgan fingerprint density at radius 3 is 2.60 bits per heavy atom. The second-order valence-electron chi connectivity index (χ2n) is 5.00. The Morgan fingerprint density at radius 2 is 2.00 bits per heavy atom. The first kappa shape index (κ1) is 14.4. The van der Waals surface area contributed by atoms with Crippen LogP contribution in [0.25, 0.3) is 0 Å². The van der Waals surface area contributed by atoms with Gasteiger partial charge in [0.05, 0.1) is 7.11 Å². The fourth-order valence-electron chi connectivity index (χ4n) is 2.45. The molecule has 5 heteroatoms. The first-order valence-corrected chi connectivity index (χ1v) is 6.80. The Morgan fingerprint density at radius 1 is 1.30 bits per heavy atom. The number of likely N-dealkylation sites (tertiary alicyclic amines) is 1. The Balaban J connectivity index is 1.96. The Kier molecular flexibility index (Phi) is 4.61. The molecule has 1 aromatic carbocycles. The lowest BCUT2D eigenvalue weighted by atomic mass is 10.0. The maximum Gasteiger partial charge on any atom is 0.253 e. The molecule has 0 spiro atoms. The second-order valence-corrected chi connectivity index (χ2v) is 5.00. The average Bonchev–Trinajstić information content (AvgIpc) is 2.47. The van der Waals surface area contributed by atoms with Crippen molar-refractivity contribution in [2.24, 2.45) is 0 Å². The minimum absolute atomic E-state index is 0.0115. The third-order valence-corrected chi connectivity index (χ3v) is 3.51. The van der Waals surface area contributed by atoms with Crippen LogP contribution in [0.1, 0.15) is 30.1 Å². The number of piperidine rings is 1. The van der Waals surface area contributed by atoms with Crippen molar-refractivity contribution in [3.8, 4) is 5.75 Å². The highest BCUT2D eigenvalue weighted by Gasteiger charge is 2.24. The molecular weight excluding hydrogens is 256 g/mol. The summed E-state index contributed by atoms with van der Waals surface area (Å²) in [6, 6.07) is 7.37. The summed E-state index contributed by atoms with van der Waals surface area (Å²) in [5.41, 5.74) is 0.641. The molecule has 1 aliphatic heterocycles. The number of amides is 2. The first-order chi connectivity index (χ1) is 9.60. The summed E-state index contributed by atoms with van der Waals surface area (Å²) in [5, 5.41) is 2.90. The molecule has 0 atom stereocenters. The standard InChI is InChI=1S/C15H20N2O3/c1-11(18)16-13-6-8-17(9-7-13)15(19)12-4-3-5-14(10-12)20-2/h3-5,10,13H,6-9H2,1-2H3,(H,16,18). The van der Waals surface area contributed by atoms with Crippen molar-refractivity contribution >= 4 is 11.8 Å². The third-order valence-electron chi connectivity index (χ3n) is 3.51. The highest BCUT2D eigenvalue weighted by atomic mass is 16.5. The van der Waals surface area contributed by atoms with E-state index in [1.54, 1.807) is 19.2 Å². The molecule has 1 aromatic rings. The second kappa shape index (κ2) is 6.41. The highest BCUT2D eigenvalue weighted by molar-refractivity contribution is 5.94. The lowest BCUT2D eigenvalue weighted by Gasteiger charge is -2.32. The van der Waals surface area contributed by atoms with Gasteiger partial charge in [0.25, 0.3) is 5.91 Å². The van der Waals surface area contributed by atoms with E-state index in [1.807, 2.05) is 17.0 Å². The number of ether oxygens (including phenoxy) is 1. The summed E-state index contributed by atoms with van der Waals surface area (Å²) in [6.45, 7) is 2.86. The van der Waals surface area contributed by atoms with Crippen molar-refractivity contribution in [2.45, 2.75) is 25.8 Å². The number of nitrogens with zero attached hydrogens (tertiary/aromatic N) is 1. The fourth-order valence-corrected chi connectivity index (χ4v) is 2.45. The summed E-state index contributed by atoms with van der Waals surface area (Å²) in [4.78, 5) is 25.2. The van der Waals surface area contributed by atoms with Gasteiger partial charge in [0.2, 0.25) is 5.91 Å². The summed E-state index contributed by atoms with van der Waals surface area (Å²) >= 11 is 0. The molecule has 0 bridgehead atoms. The van der Waals surface area contributed by atoms with Crippen molar-refractivity contribution in [3.05, 3.63) is 29.8 Å². The highest BCUT2D eigenvalue weighted by Crippen LogP contribution is 2.17. The number of benzene rings is 1. The molecule has 1 saturated heterocycles. The minimum Gasteiger partial charge on any atom is -0.497 e. The summed E-state index contributed by atoms with van der Waals surface area (Å²) in [6.07, 6.45) is 1.60. The largest absolute Gasteiger partial charge is 0.497 e. The normalized spacial score (nSPS) is 15.8. The SMILES string of the molecule is COc1cccc(C(=O)N2CCC(NC(C)=O)CC2)c1. The van der Waals surface area contributed by atoms with Crippen LogP contribution in [0.2, 0.25) is 0 Å². The van der Waals surface area contributed by atoms with E-state index in [9.17, 15) is 9.59 Å². The monoisotopic (exact) mass is 276 g/mol. The van der Waals surface area contributed by atoms with E-state index in [0.717, 1.165) is 12.8 Å². The van der Waals surface area contributed by atoms with E-state index in [0.29, 0.717) is 24.4 Å². The van der Waals surface area contributed by atoms with Crippen LogP contribution >= 0.6 is 0 Å². The number of rotatable bonds is 3. The molecule has 1 N–H and O–H groups in total. The maximum atomic E-state index is 12.4. The molecule has 20 heavy (non-hydrogen) atoms. The molecular formula is C15H20N2O3. The van der Waals surface area contributed by atoms with Gasteiger partial charge < -0.3 is 15.0 Å². The summed E-state index contributed by atoms with van der Waals surface area (Å²) < 4.78 is 5.13. The molecule has 1 fully saturated rings. The van der Waals surface area contributed by atoms with Crippen molar-refractivity contribution in [1.29, 1.82) is 0 Å². The molecule has 2 rings (SSSR count). The van der Waals surface area contributed by atoms with Gasteiger partial charge in [0.1, 0.15) is 5.75 Å². The van der Waals surface area contributed by atoms with Gasteiger partial charge in [-0.2, -0.15) is 0 Å². The van der Waals surface area contributed by atoms with Crippen LogP contribution < -0.4 is 10.1 Å². The Hall–Kier alpha value is -2.04. The van der Waals surface area contributed by atoms with Crippen molar-refractivity contribution in [1.82, 2.24) is 10.2 Å². The number of methoxy groups -OCH3 is 1. The zero-order valence-corrected chi connectivity index (χ0v) is 11.9. The van der Waals surface area contributed by atoms with Crippen molar-refractivity contribution in [2.75, 3.05) is 20.2 Å². The summed E-state index contributed by atoms with van der Waals surface area (Å²) in [7, 11) is 1.59. The van der Waals surface area contributed by atoms with Crippen molar-refractivity contribution in [3.63, 3.8) is 0 Å². The quantitative estimate of drug-likeness (QED) is 0.908. The van der Waals surface area contributed by atoms with Crippen LogP contribution in [-0.2, 0) is 4.79 Å². The molecule has 0 radical (unpaired) electrons. The third kappa shape index (κ3) is 3.50. The topological polar surface area (TPSA) is 58.6 Å². The fraction of sp³-hybridized carbons (Fsp3) is 0.467. The molecule has 0 aliphatic carbocycles. The average molecular weight is 276 g/mol. The Bertz CT molecular complexity index is 494. The van der Waals surface area contributed by atoms with E-state index in [1.165, 1.54) is 6.92 Å². The van der Waals surface area contributed by atoms with Gasteiger partial charge in [0.15, 0.2) is 0 Å². The molecule has 1 heterocycles. The molecule has 0 unspecified atom stereocenters. The zero-order valence-electron chi connectivity index (χ0n) is 11.9. The number of carbonyl (C=O) groups excluding carboxylic acids is 2. The zero-order chi connectivity index (χ0) is 14.5. The van der Waals surface area contributed by atoms with E-state index >= 15 is 0 Å². The van der Waals surface area contributed by atoms with Gasteiger partial charge in [-0.3, -0.25) is 9.59 Å². The number of hydrogen-bond donors (Lipinski definition) is 1. The van der Waals surface area contributed by atoms with Gasteiger partial charge in [-0.15, -0.1) is 0 Å². The van der Waals surface area contributed by atoms with Gasteiger partial charge in [-0.25, -0.2) is 0 Å². The van der Waals surface area contributed by atoms with Gasteiger partial charge in [0, 0.05) is 31.6 Å². The number of nitrogens with one attached hydrogen (secondary N) is 1. The minimum atomic E-state index is -0.0115. The van der Waals surface area contributed by atoms with E-state index in [-0.39, 0.29) is 17.9 Å². The lowest BCUT2D eigenvalue weighted by molar-refractivity contribution is -0.119. The molecule has 1 aliphatic rings. The molecule has 2 amide bonds. The van der Waals surface area contributed by atoms with Crippen LogP contribution in [0.5, 0.6) is 5.75 Å². The smallest absolute Gasteiger partial charge is 0.253 e. The summed E-state index contributed by atoms with van der Waals surface area (Å²) in [5.74, 6) is 0.691. The van der Waals surface area contributed by atoms with Crippen LogP contribution in [0.3, 0.4) is 0 Å². The predicted octanol–water partition coefficient (Wildman–Crippen LogP) is 1.44. The van der Waals surface area contributed by atoms with Crippen molar-refractivity contribution < 1.29 is 14.3 Å². The van der Waals surface area contributed by atoms with Gasteiger partial charge >= 0.3 is 0 Å². The number of hydrogen-bond acceptors (Lipinski definition) is 3. The first-order valence-electron chi connectivity index (χ1n) is 6.80. The van der Waals surface area contributed by atoms with E-state index in [4.69, 9.17) is 4.74 Å². The number of carbonyl (C=O) groups is 2. The van der Waals surface area contributed by atoms with E-state index in [2.05, 4.69) is 5.32 Å². The van der Waals surface area contributed by atoms with Crippen LogP contribution in [-0.4, -0.2) is 43.0 Å². The maximum absolute atomic E-state index is 12.4.